The molecule has 0 saturated heterocycles. The van der Waals surface area contributed by atoms with Crippen LogP contribution in [-0.4, -0.2) is 0 Å². The molecule has 2 unspecified atom stereocenters. The Labute approximate surface area is 160 Å². The van der Waals surface area contributed by atoms with Crippen LogP contribution >= 0.6 is 0 Å². The van der Waals surface area contributed by atoms with E-state index >= 15 is 0 Å². The molecule has 1 aromatic carbocycles. The highest BCUT2D eigenvalue weighted by Crippen LogP contribution is 2.40. The SMILES string of the molecule is C=C1c2ccc(C)cc2CCC1CCCC1CC=C(C2CCC2)C=C1C. The minimum absolute atomic E-state index is 0.694. The highest BCUT2D eigenvalue weighted by atomic mass is 14.3. The molecule has 0 radical (unpaired) electrons. The Morgan fingerprint density at radius 2 is 1.85 bits per heavy atom. The van der Waals surface area contributed by atoms with Crippen LogP contribution in [0.3, 0.4) is 0 Å². The van der Waals surface area contributed by atoms with Crippen molar-refractivity contribution in [3.8, 4) is 0 Å². The number of fused-ring (bicyclic) bond motifs is 1. The van der Waals surface area contributed by atoms with Gasteiger partial charge in [-0.3, -0.25) is 0 Å². The molecule has 3 aliphatic rings. The fourth-order valence-corrected chi connectivity index (χ4v) is 5.17. The number of hydrogen-bond acceptors (Lipinski definition) is 0. The molecule has 0 aliphatic heterocycles. The van der Waals surface area contributed by atoms with E-state index in [1.54, 1.807) is 11.1 Å². The third kappa shape index (κ3) is 3.61. The van der Waals surface area contributed by atoms with Crippen LogP contribution in [0.5, 0.6) is 0 Å². The van der Waals surface area contributed by atoms with Gasteiger partial charge in [-0.2, -0.15) is 0 Å². The van der Waals surface area contributed by atoms with Crippen LogP contribution in [0.25, 0.3) is 5.57 Å². The first-order valence-electron chi connectivity index (χ1n) is 10.8. The minimum Gasteiger partial charge on any atom is -0.0949 e. The fraction of sp³-hybridized carbons (Fsp3) is 0.538. The molecule has 0 amide bonds. The Balaban J connectivity index is 1.29. The van der Waals surface area contributed by atoms with Crippen molar-refractivity contribution in [2.75, 3.05) is 0 Å². The van der Waals surface area contributed by atoms with Crippen LogP contribution in [0.4, 0.5) is 0 Å². The summed E-state index contributed by atoms with van der Waals surface area (Å²) in [4.78, 5) is 0. The molecule has 0 nitrogen and oxygen atoms in total. The quantitative estimate of drug-likeness (QED) is 0.520. The van der Waals surface area contributed by atoms with Gasteiger partial charge in [-0.1, -0.05) is 60.9 Å². The van der Waals surface area contributed by atoms with Gasteiger partial charge >= 0.3 is 0 Å². The van der Waals surface area contributed by atoms with Gasteiger partial charge < -0.3 is 0 Å². The number of allylic oxidation sites excluding steroid dienone is 5. The zero-order valence-corrected chi connectivity index (χ0v) is 16.7. The Morgan fingerprint density at radius 1 is 1.04 bits per heavy atom. The molecule has 0 bridgehead atoms. The lowest BCUT2D eigenvalue weighted by Gasteiger charge is -2.31. The molecule has 3 aliphatic carbocycles. The molecular formula is C26H34. The predicted molar refractivity (Wildman–Crippen MR) is 113 cm³/mol. The summed E-state index contributed by atoms with van der Waals surface area (Å²) in [5, 5.41) is 0. The summed E-state index contributed by atoms with van der Waals surface area (Å²) in [7, 11) is 0. The van der Waals surface area contributed by atoms with Crippen molar-refractivity contribution >= 4 is 5.57 Å². The summed E-state index contributed by atoms with van der Waals surface area (Å²) in [5.74, 6) is 2.37. The maximum atomic E-state index is 4.47. The number of hydrogen-bond donors (Lipinski definition) is 0. The third-order valence-electron chi connectivity index (χ3n) is 7.22. The van der Waals surface area contributed by atoms with Crippen LogP contribution in [0.15, 0.2) is 48.1 Å². The summed E-state index contributed by atoms with van der Waals surface area (Å²) in [6, 6.07) is 6.91. The lowest BCUT2D eigenvalue weighted by atomic mass is 9.74. The van der Waals surface area contributed by atoms with Gasteiger partial charge in [-0.05, 0) is 98.8 Å². The molecule has 0 heterocycles. The van der Waals surface area contributed by atoms with E-state index in [9.17, 15) is 0 Å². The Kier molecular flexibility index (Phi) is 5.20. The largest absolute Gasteiger partial charge is 0.0949 e. The molecule has 1 fully saturated rings. The highest BCUT2D eigenvalue weighted by molar-refractivity contribution is 5.70. The molecule has 2 atom stereocenters. The Bertz CT molecular complexity index is 741. The molecule has 0 spiro atoms. The van der Waals surface area contributed by atoms with Gasteiger partial charge in [-0.25, -0.2) is 0 Å². The summed E-state index contributed by atoms with van der Waals surface area (Å²) < 4.78 is 0. The first kappa shape index (κ1) is 17.8. The first-order chi connectivity index (χ1) is 12.6. The fourth-order valence-electron chi connectivity index (χ4n) is 5.17. The molecule has 0 N–H and O–H groups in total. The van der Waals surface area contributed by atoms with Crippen LogP contribution in [0.1, 0.15) is 75.0 Å². The molecule has 0 aromatic heterocycles. The maximum absolute atomic E-state index is 4.47. The normalized spacial score (nSPS) is 26.0. The van der Waals surface area contributed by atoms with E-state index in [-0.39, 0.29) is 0 Å². The standard InChI is InChI=1S/C26H34/c1-18-10-15-26-20(3)22(12-14-25(26)16-18)7-4-6-21-11-13-24(17-19(21)2)23-8-5-9-23/h10,13,15-17,21-23H,3-9,11-12,14H2,1-2H3. The number of benzene rings is 1. The van der Waals surface area contributed by atoms with E-state index in [1.165, 1.54) is 80.1 Å². The molecule has 0 heteroatoms. The van der Waals surface area contributed by atoms with Gasteiger partial charge in [0, 0.05) is 0 Å². The number of rotatable bonds is 5. The van der Waals surface area contributed by atoms with E-state index in [0.717, 1.165) is 11.8 Å². The molecule has 1 saturated carbocycles. The third-order valence-corrected chi connectivity index (χ3v) is 7.22. The van der Waals surface area contributed by atoms with Gasteiger partial charge in [0.2, 0.25) is 0 Å². The van der Waals surface area contributed by atoms with Crippen molar-refractivity contribution in [1.29, 1.82) is 0 Å². The van der Waals surface area contributed by atoms with E-state index in [1.807, 2.05) is 0 Å². The monoisotopic (exact) mass is 346 g/mol. The predicted octanol–water partition coefficient (Wildman–Crippen LogP) is 7.43. The summed E-state index contributed by atoms with van der Waals surface area (Å²) >= 11 is 0. The smallest absolute Gasteiger partial charge is 0.0159 e. The van der Waals surface area contributed by atoms with Gasteiger partial charge in [0.1, 0.15) is 0 Å². The Hall–Kier alpha value is -1.56. The second-order valence-corrected chi connectivity index (χ2v) is 9.01. The van der Waals surface area contributed by atoms with Crippen molar-refractivity contribution < 1.29 is 0 Å². The van der Waals surface area contributed by atoms with E-state index in [2.05, 4.69) is 50.8 Å². The van der Waals surface area contributed by atoms with Crippen LogP contribution in [0, 0.1) is 24.7 Å². The topological polar surface area (TPSA) is 0 Å². The first-order valence-corrected chi connectivity index (χ1v) is 10.8. The van der Waals surface area contributed by atoms with Crippen LogP contribution in [0.2, 0.25) is 0 Å². The lowest BCUT2D eigenvalue weighted by molar-refractivity contribution is 0.368. The average molecular weight is 347 g/mol. The van der Waals surface area contributed by atoms with Crippen molar-refractivity contribution in [1.82, 2.24) is 0 Å². The lowest BCUT2D eigenvalue weighted by Crippen LogP contribution is -2.17. The second-order valence-electron chi connectivity index (χ2n) is 9.01. The van der Waals surface area contributed by atoms with E-state index < -0.39 is 0 Å². The zero-order valence-electron chi connectivity index (χ0n) is 16.7. The number of aryl methyl sites for hydroxylation is 2. The summed E-state index contributed by atoms with van der Waals surface area (Å²) in [6.07, 6.45) is 17.2. The minimum atomic E-state index is 0.694. The summed E-state index contributed by atoms with van der Waals surface area (Å²) in [6.45, 7) is 9.04. The van der Waals surface area contributed by atoms with E-state index in [0.29, 0.717) is 5.92 Å². The second kappa shape index (κ2) is 7.59. The maximum Gasteiger partial charge on any atom is -0.0159 e. The van der Waals surface area contributed by atoms with Gasteiger partial charge in [-0.15, -0.1) is 0 Å². The van der Waals surface area contributed by atoms with Crippen molar-refractivity contribution in [3.63, 3.8) is 0 Å². The van der Waals surface area contributed by atoms with Crippen molar-refractivity contribution in [2.24, 2.45) is 17.8 Å². The van der Waals surface area contributed by atoms with E-state index in [4.69, 9.17) is 0 Å². The zero-order chi connectivity index (χ0) is 18.1. The Morgan fingerprint density at radius 3 is 2.58 bits per heavy atom. The molecule has 138 valence electrons. The van der Waals surface area contributed by atoms with Crippen LogP contribution < -0.4 is 0 Å². The van der Waals surface area contributed by atoms with Gasteiger partial charge in [0.25, 0.3) is 0 Å². The summed E-state index contributed by atoms with van der Waals surface area (Å²) in [5.41, 5.74) is 9.02. The molecule has 4 rings (SSSR count). The molecule has 26 heavy (non-hydrogen) atoms. The van der Waals surface area contributed by atoms with Crippen molar-refractivity contribution in [3.05, 3.63) is 64.8 Å². The van der Waals surface area contributed by atoms with Gasteiger partial charge in [0.05, 0.1) is 0 Å². The molecular weight excluding hydrogens is 312 g/mol. The highest BCUT2D eigenvalue weighted by Gasteiger charge is 2.25. The average Bonchev–Trinajstić information content (AvgIpc) is 2.57. The van der Waals surface area contributed by atoms with Crippen molar-refractivity contribution in [2.45, 2.75) is 71.6 Å². The van der Waals surface area contributed by atoms with Gasteiger partial charge in [0.15, 0.2) is 0 Å². The van der Waals surface area contributed by atoms with Crippen LogP contribution in [-0.2, 0) is 6.42 Å². The molecule has 1 aromatic rings.